The number of hydrogen-bond acceptors (Lipinski definition) is 4. The lowest BCUT2D eigenvalue weighted by Gasteiger charge is -2.03. The first-order valence-corrected chi connectivity index (χ1v) is 5.59. The van der Waals surface area contributed by atoms with Crippen molar-refractivity contribution < 1.29 is 9.53 Å². The van der Waals surface area contributed by atoms with Crippen molar-refractivity contribution in [3.8, 4) is 11.8 Å². The van der Waals surface area contributed by atoms with E-state index >= 15 is 0 Å². The molecular formula is C13H12N4O2. The summed E-state index contributed by atoms with van der Waals surface area (Å²) in [6.45, 7) is 0.151. The van der Waals surface area contributed by atoms with Gasteiger partial charge < -0.3 is 10.1 Å². The van der Waals surface area contributed by atoms with Crippen LogP contribution in [0, 0.1) is 11.3 Å². The molecule has 1 amide bonds. The maximum Gasteiger partial charge on any atom is 0.256 e. The standard InChI is InChI=1S/C13H12N4O2/c1-19-11-4-2-10(3-5-11)13(18)15-12-6-8-17(16-12)9-7-14/h2-6,8H,9H2,1H3,(H,15,16,18). The van der Waals surface area contributed by atoms with Crippen LogP contribution >= 0.6 is 0 Å². The van der Waals surface area contributed by atoms with Gasteiger partial charge in [-0.1, -0.05) is 0 Å². The largest absolute Gasteiger partial charge is 0.497 e. The van der Waals surface area contributed by atoms with Gasteiger partial charge in [0.05, 0.1) is 13.2 Å². The first-order chi connectivity index (χ1) is 9.22. The van der Waals surface area contributed by atoms with Crippen molar-refractivity contribution in [3.05, 3.63) is 42.1 Å². The molecule has 96 valence electrons. The maximum absolute atomic E-state index is 11.9. The number of aromatic nitrogens is 2. The third-order valence-corrected chi connectivity index (χ3v) is 2.47. The highest BCUT2D eigenvalue weighted by molar-refractivity contribution is 6.03. The molecule has 0 saturated heterocycles. The summed E-state index contributed by atoms with van der Waals surface area (Å²) in [5, 5.41) is 15.2. The highest BCUT2D eigenvalue weighted by Gasteiger charge is 2.07. The maximum atomic E-state index is 11.9. The van der Waals surface area contributed by atoms with Crippen LogP contribution in [-0.4, -0.2) is 22.8 Å². The molecular weight excluding hydrogens is 244 g/mol. The minimum absolute atomic E-state index is 0.151. The van der Waals surface area contributed by atoms with E-state index in [1.165, 1.54) is 4.68 Å². The van der Waals surface area contributed by atoms with Crippen molar-refractivity contribution >= 4 is 11.7 Å². The van der Waals surface area contributed by atoms with Gasteiger partial charge in [-0.3, -0.25) is 9.48 Å². The Morgan fingerprint density at radius 2 is 2.16 bits per heavy atom. The van der Waals surface area contributed by atoms with Crippen molar-refractivity contribution in [1.82, 2.24) is 9.78 Å². The summed E-state index contributed by atoms with van der Waals surface area (Å²) in [5.41, 5.74) is 0.510. The summed E-state index contributed by atoms with van der Waals surface area (Å²) in [6.07, 6.45) is 1.63. The molecule has 0 aliphatic heterocycles. The molecule has 0 bridgehead atoms. The Hall–Kier alpha value is -2.81. The van der Waals surface area contributed by atoms with Gasteiger partial charge in [-0.15, -0.1) is 0 Å². The topological polar surface area (TPSA) is 79.9 Å². The van der Waals surface area contributed by atoms with Crippen LogP contribution in [0.25, 0.3) is 0 Å². The van der Waals surface area contributed by atoms with Crippen LogP contribution in [0.1, 0.15) is 10.4 Å². The molecule has 0 unspecified atom stereocenters. The van der Waals surface area contributed by atoms with E-state index in [1.807, 2.05) is 6.07 Å². The molecule has 0 aliphatic rings. The third kappa shape index (κ3) is 3.10. The van der Waals surface area contributed by atoms with Crippen LogP contribution in [0.2, 0.25) is 0 Å². The van der Waals surface area contributed by atoms with Gasteiger partial charge in [0, 0.05) is 17.8 Å². The second-order valence-electron chi connectivity index (χ2n) is 3.74. The molecule has 1 aromatic carbocycles. The quantitative estimate of drug-likeness (QED) is 0.902. The Bertz CT molecular complexity index is 610. The number of hydrogen-bond donors (Lipinski definition) is 1. The zero-order valence-corrected chi connectivity index (χ0v) is 10.3. The lowest BCUT2D eigenvalue weighted by Crippen LogP contribution is -2.12. The van der Waals surface area contributed by atoms with Gasteiger partial charge in [0.15, 0.2) is 5.82 Å². The van der Waals surface area contributed by atoms with Crippen molar-refractivity contribution in [3.63, 3.8) is 0 Å². The van der Waals surface area contributed by atoms with E-state index in [2.05, 4.69) is 10.4 Å². The first-order valence-electron chi connectivity index (χ1n) is 5.59. The minimum atomic E-state index is -0.259. The van der Waals surface area contributed by atoms with Crippen LogP contribution in [-0.2, 0) is 6.54 Å². The number of carbonyl (C=O) groups excluding carboxylic acids is 1. The van der Waals surface area contributed by atoms with Gasteiger partial charge in [-0.05, 0) is 24.3 Å². The second kappa shape index (κ2) is 5.69. The van der Waals surface area contributed by atoms with E-state index in [-0.39, 0.29) is 12.5 Å². The van der Waals surface area contributed by atoms with Crippen LogP contribution < -0.4 is 10.1 Å². The number of anilines is 1. The van der Waals surface area contributed by atoms with E-state index in [1.54, 1.807) is 43.6 Å². The van der Waals surface area contributed by atoms with Crippen LogP contribution in [0.3, 0.4) is 0 Å². The molecule has 19 heavy (non-hydrogen) atoms. The molecule has 6 nitrogen and oxygen atoms in total. The minimum Gasteiger partial charge on any atom is -0.497 e. The first kappa shape index (κ1) is 12.6. The Labute approximate surface area is 110 Å². The summed E-state index contributed by atoms with van der Waals surface area (Å²) in [4.78, 5) is 11.9. The molecule has 0 saturated carbocycles. The smallest absolute Gasteiger partial charge is 0.256 e. The molecule has 0 fully saturated rings. The van der Waals surface area contributed by atoms with E-state index in [0.29, 0.717) is 17.1 Å². The Morgan fingerprint density at radius 3 is 2.79 bits per heavy atom. The zero-order chi connectivity index (χ0) is 13.7. The number of amides is 1. The average molecular weight is 256 g/mol. The number of nitriles is 1. The number of methoxy groups -OCH3 is 1. The molecule has 6 heteroatoms. The highest BCUT2D eigenvalue weighted by Crippen LogP contribution is 2.12. The van der Waals surface area contributed by atoms with Gasteiger partial charge in [0.25, 0.3) is 5.91 Å². The normalized spacial score (nSPS) is 9.68. The van der Waals surface area contributed by atoms with E-state index in [4.69, 9.17) is 10.00 Å². The summed E-state index contributed by atoms with van der Waals surface area (Å²) in [5.74, 6) is 0.843. The third-order valence-electron chi connectivity index (χ3n) is 2.47. The number of rotatable bonds is 4. The predicted octanol–water partition coefficient (Wildman–Crippen LogP) is 1.67. The second-order valence-corrected chi connectivity index (χ2v) is 3.74. The Kier molecular flexibility index (Phi) is 3.78. The van der Waals surface area contributed by atoms with Gasteiger partial charge in [0.1, 0.15) is 12.3 Å². The van der Waals surface area contributed by atoms with Gasteiger partial charge in [-0.25, -0.2) is 0 Å². The Balaban J connectivity index is 2.05. The molecule has 0 spiro atoms. The molecule has 1 N–H and O–H groups in total. The van der Waals surface area contributed by atoms with Crippen molar-refractivity contribution in [2.45, 2.75) is 6.54 Å². The van der Waals surface area contributed by atoms with Crippen molar-refractivity contribution in [2.24, 2.45) is 0 Å². The highest BCUT2D eigenvalue weighted by atomic mass is 16.5. The molecule has 1 heterocycles. The summed E-state index contributed by atoms with van der Waals surface area (Å²) >= 11 is 0. The lowest BCUT2D eigenvalue weighted by molar-refractivity contribution is 0.102. The Morgan fingerprint density at radius 1 is 1.42 bits per heavy atom. The van der Waals surface area contributed by atoms with Crippen LogP contribution in [0.5, 0.6) is 5.75 Å². The molecule has 2 aromatic rings. The van der Waals surface area contributed by atoms with Gasteiger partial charge in [0.2, 0.25) is 0 Å². The van der Waals surface area contributed by atoms with Crippen LogP contribution in [0.15, 0.2) is 36.5 Å². The average Bonchev–Trinajstić information content (AvgIpc) is 2.86. The number of carbonyl (C=O) groups is 1. The monoisotopic (exact) mass is 256 g/mol. The molecule has 0 aliphatic carbocycles. The van der Waals surface area contributed by atoms with Gasteiger partial charge >= 0.3 is 0 Å². The number of nitrogens with one attached hydrogen (secondary N) is 1. The fourth-order valence-electron chi connectivity index (χ4n) is 1.52. The van der Waals surface area contributed by atoms with Crippen molar-refractivity contribution in [1.29, 1.82) is 5.26 Å². The summed E-state index contributed by atoms with van der Waals surface area (Å²) in [6, 6.07) is 10.4. The predicted molar refractivity (Wildman–Crippen MR) is 68.8 cm³/mol. The van der Waals surface area contributed by atoms with E-state index < -0.39 is 0 Å². The van der Waals surface area contributed by atoms with E-state index in [9.17, 15) is 4.79 Å². The zero-order valence-electron chi connectivity index (χ0n) is 10.3. The summed E-state index contributed by atoms with van der Waals surface area (Å²) in [7, 11) is 1.57. The van der Waals surface area contributed by atoms with E-state index in [0.717, 1.165) is 0 Å². The van der Waals surface area contributed by atoms with Crippen molar-refractivity contribution in [2.75, 3.05) is 12.4 Å². The SMILES string of the molecule is COc1ccc(C(=O)Nc2ccn(CC#N)n2)cc1. The number of nitrogens with zero attached hydrogens (tertiary/aromatic N) is 3. The molecule has 0 atom stereocenters. The summed E-state index contributed by atoms with van der Waals surface area (Å²) < 4.78 is 6.47. The molecule has 1 aromatic heterocycles. The van der Waals surface area contributed by atoms with Gasteiger partial charge in [-0.2, -0.15) is 10.4 Å². The molecule has 0 radical (unpaired) electrons. The fraction of sp³-hybridized carbons (Fsp3) is 0.154. The fourth-order valence-corrected chi connectivity index (χ4v) is 1.52. The number of ether oxygens (including phenoxy) is 1. The van der Waals surface area contributed by atoms with Crippen LogP contribution in [0.4, 0.5) is 5.82 Å². The molecule has 2 rings (SSSR count). The number of benzene rings is 1. The lowest BCUT2D eigenvalue weighted by atomic mass is 10.2.